The van der Waals surface area contributed by atoms with Crippen molar-refractivity contribution < 1.29 is 19.5 Å². The lowest BCUT2D eigenvalue weighted by Crippen LogP contribution is -2.55. The maximum atomic E-state index is 14.0. The number of aliphatic carboxylic acids is 1. The molecule has 0 atom stereocenters. The van der Waals surface area contributed by atoms with Gasteiger partial charge in [-0.3, -0.25) is 9.59 Å². The van der Waals surface area contributed by atoms with E-state index in [1.807, 2.05) is 6.07 Å². The van der Waals surface area contributed by atoms with E-state index < -0.39 is 11.5 Å². The summed E-state index contributed by atoms with van der Waals surface area (Å²) in [6, 6.07) is 22.0. The molecule has 0 bridgehead atoms. The van der Waals surface area contributed by atoms with E-state index in [-0.39, 0.29) is 11.8 Å². The highest BCUT2D eigenvalue weighted by atomic mass is 16.4. The van der Waals surface area contributed by atoms with E-state index in [1.54, 1.807) is 24.3 Å². The van der Waals surface area contributed by atoms with Crippen LogP contribution in [0.4, 0.5) is 5.69 Å². The summed E-state index contributed by atoms with van der Waals surface area (Å²) in [4.78, 5) is 38.5. The number of carbonyl (C=O) groups is 3. The number of amides is 2. The zero-order chi connectivity index (χ0) is 31.7. The van der Waals surface area contributed by atoms with Gasteiger partial charge in [0.15, 0.2) is 0 Å². The summed E-state index contributed by atoms with van der Waals surface area (Å²) in [5, 5.41) is 16.3. The SMILES string of the molecule is O=C(O)C=Cc1ccc(NC(=O)C2(NC(=O)c3ccc4c(C5CCCCC5)c5n(c4c3)CCCc3ccccc3-5)CCCC2)cc1. The lowest BCUT2D eigenvalue weighted by molar-refractivity contribution is -0.131. The fourth-order valence-electron chi connectivity index (χ4n) is 8.01. The first-order valence-corrected chi connectivity index (χ1v) is 16.8. The molecular weight excluding hydrogens is 574 g/mol. The van der Waals surface area contributed by atoms with Gasteiger partial charge in [-0.1, -0.05) is 74.6 Å². The number of carboxylic acids is 1. The lowest BCUT2D eigenvalue weighted by Gasteiger charge is -2.29. The number of aromatic nitrogens is 1. The Morgan fingerprint density at radius 2 is 1.63 bits per heavy atom. The van der Waals surface area contributed by atoms with Gasteiger partial charge in [0.25, 0.3) is 5.91 Å². The summed E-state index contributed by atoms with van der Waals surface area (Å²) in [6.07, 6.45) is 13.8. The molecule has 236 valence electrons. The molecule has 0 saturated heterocycles. The van der Waals surface area contributed by atoms with E-state index in [1.165, 1.54) is 66.0 Å². The zero-order valence-corrected chi connectivity index (χ0v) is 26.2. The molecule has 2 amide bonds. The molecule has 0 spiro atoms. The summed E-state index contributed by atoms with van der Waals surface area (Å²) < 4.78 is 2.47. The summed E-state index contributed by atoms with van der Waals surface area (Å²) in [6.45, 7) is 0.912. The Morgan fingerprint density at radius 1 is 0.870 bits per heavy atom. The fourth-order valence-corrected chi connectivity index (χ4v) is 8.01. The number of nitrogens with zero attached hydrogens (tertiary/aromatic N) is 1. The molecule has 2 saturated carbocycles. The molecule has 2 heterocycles. The second-order valence-electron chi connectivity index (χ2n) is 13.2. The monoisotopic (exact) mass is 615 g/mol. The highest BCUT2D eigenvalue weighted by Gasteiger charge is 2.43. The van der Waals surface area contributed by atoms with Crippen molar-refractivity contribution in [2.75, 3.05) is 5.32 Å². The van der Waals surface area contributed by atoms with Crippen LogP contribution in [0.25, 0.3) is 28.2 Å². The van der Waals surface area contributed by atoms with Crippen LogP contribution in [0.1, 0.15) is 97.2 Å². The number of nitrogens with one attached hydrogen (secondary N) is 2. The van der Waals surface area contributed by atoms with E-state index in [2.05, 4.69) is 51.6 Å². The van der Waals surface area contributed by atoms with Crippen LogP contribution >= 0.6 is 0 Å². The van der Waals surface area contributed by atoms with Crippen LogP contribution < -0.4 is 10.6 Å². The van der Waals surface area contributed by atoms with E-state index in [4.69, 9.17) is 5.11 Å². The van der Waals surface area contributed by atoms with Gasteiger partial charge < -0.3 is 20.3 Å². The third-order valence-corrected chi connectivity index (χ3v) is 10.3. The topological polar surface area (TPSA) is 100 Å². The van der Waals surface area contributed by atoms with Gasteiger partial charge in [0.05, 0.1) is 5.69 Å². The van der Waals surface area contributed by atoms with Crippen molar-refractivity contribution in [3.05, 3.63) is 95.1 Å². The Kier molecular flexibility index (Phi) is 8.24. The van der Waals surface area contributed by atoms with Gasteiger partial charge >= 0.3 is 5.97 Å². The Bertz CT molecular complexity index is 1820. The summed E-state index contributed by atoms with van der Waals surface area (Å²) in [5.41, 5.74) is 7.54. The van der Waals surface area contributed by atoms with Crippen molar-refractivity contribution in [2.45, 2.75) is 88.6 Å². The highest BCUT2D eigenvalue weighted by Crippen LogP contribution is 2.46. The van der Waals surface area contributed by atoms with Crippen LogP contribution in [0, 0.1) is 0 Å². The number of anilines is 1. The number of benzene rings is 3. The van der Waals surface area contributed by atoms with Crippen LogP contribution in [0.15, 0.2) is 72.8 Å². The maximum absolute atomic E-state index is 14.0. The minimum Gasteiger partial charge on any atom is -0.478 e. The molecule has 46 heavy (non-hydrogen) atoms. The molecule has 7 rings (SSSR count). The molecule has 2 aliphatic carbocycles. The van der Waals surface area contributed by atoms with Crippen molar-refractivity contribution in [3.8, 4) is 11.3 Å². The largest absolute Gasteiger partial charge is 0.478 e. The average molecular weight is 616 g/mol. The molecule has 3 aliphatic rings. The predicted molar refractivity (Wildman–Crippen MR) is 182 cm³/mol. The number of carbonyl (C=O) groups excluding carboxylic acids is 2. The Labute approximate surface area is 269 Å². The molecule has 1 aliphatic heterocycles. The number of carboxylic acid groups (broad SMARTS) is 1. The number of fused-ring (bicyclic) bond motifs is 5. The van der Waals surface area contributed by atoms with Gasteiger partial charge in [-0.05, 0) is 91.5 Å². The molecule has 3 N–H and O–H groups in total. The van der Waals surface area contributed by atoms with Crippen molar-refractivity contribution in [1.29, 1.82) is 0 Å². The van der Waals surface area contributed by atoms with Crippen molar-refractivity contribution in [1.82, 2.24) is 9.88 Å². The van der Waals surface area contributed by atoms with Crippen LogP contribution in [0.3, 0.4) is 0 Å². The molecule has 3 aromatic carbocycles. The smallest absolute Gasteiger partial charge is 0.328 e. The molecule has 0 radical (unpaired) electrons. The first-order chi connectivity index (χ1) is 22.4. The fraction of sp³-hybridized carbons (Fsp3) is 0.359. The number of aryl methyl sites for hydroxylation is 2. The molecule has 0 unspecified atom stereocenters. The number of rotatable bonds is 7. The summed E-state index contributed by atoms with van der Waals surface area (Å²) in [7, 11) is 0. The van der Waals surface area contributed by atoms with E-state index in [9.17, 15) is 14.4 Å². The third-order valence-electron chi connectivity index (χ3n) is 10.3. The van der Waals surface area contributed by atoms with E-state index in [0.29, 0.717) is 30.0 Å². The third kappa shape index (κ3) is 5.75. The minimum absolute atomic E-state index is 0.221. The summed E-state index contributed by atoms with van der Waals surface area (Å²) in [5.74, 6) is -0.943. The van der Waals surface area contributed by atoms with Gasteiger partial charge in [0.2, 0.25) is 5.91 Å². The van der Waals surface area contributed by atoms with Crippen LogP contribution in [-0.4, -0.2) is 33.0 Å². The van der Waals surface area contributed by atoms with Crippen molar-refractivity contribution >= 4 is 40.4 Å². The van der Waals surface area contributed by atoms with Gasteiger partial charge in [-0.15, -0.1) is 0 Å². The lowest BCUT2D eigenvalue weighted by atomic mass is 9.81. The van der Waals surface area contributed by atoms with Crippen LogP contribution in [-0.2, 0) is 22.6 Å². The first-order valence-electron chi connectivity index (χ1n) is 16.8. The van der Waals surface area contributed by atoms with Gasteiger partial charge in [0.1, 0.15) is 5.54 Å². The first kappa shape index (κ1) is 30.0. The Morgan fingerprint density at radius 3 is 2.39 bits per heavy atom. The van der Waals surface area contributed by atoms with E-state index in [0.717, 1.165) is 49.4 Å². The Balaban J connectivity index is 1.19. The standard InChI is InChI=1S/C39H41N3O4/c43-34(44)21-16-26-14-18-30(19-15-26)40-38(46)39(22-6-7-23-39)41-37(45)29-17-20-32-33(25-29)42-24-8-12-27-9-4-5-13-31(27)36(42)35(32)28-10-2-1-3-11-28/h4-5,9,13-21,25,28H,1-3,6-8,10-12,22-24H2,(H,40,46)(H,41,45)(H,43,44). The quantitative estimate of drug-likeness (QED) is 0.183. The number of hydrogen-bond donors (Lipinski definition) is 3. The van der Waals surface area contributed by atoms with Gasteiger partial charge in [-0.25, -0.2) is 4.79 Å². The van der Waals surface area contributed by atoms with Crippen LogP contribution in [0.2, 0.25) is 0 Å². The van der Waals surface area contributed by atoms with Crippen LogP contribution in [0.5, 0.6) is 0 Å². The molecule has 7 nitrogen and oxygen atoms in total. The molecule has 2 fully saturated rings. The Hall–Kier alpha value is -4.65. The predicted octanol–water partition coefficient (Wildman–Crippen LogP) is 8.08. The normalized spacial score (nSPS) is 17.7. The highest BCUT2D eigenvalue weighted by molar-refractivity contribution is 6.06. The summed E-state index contributed by atoms with van der Waals surface area (Å²) >= 11 is 0. The van der Waals surface area contributed by atoms with Crippen molar-refractivity contribution in [2.24, 2.45) is 0 Å². The van der Waals surface area contributed by atoms with Gasteiger partial charge in [0, 0.05) is 40.3 Å². The molecule has 4 aromatic rings. The molecule has 1 aromatic heterocycles. The average Bonchev–Trinajstić information content (AvgIpc) is 3.62. The second kappa shape index (κ2) is 12.6. The van der Waals surface area contributed by atoms with E-state index >= 15 is 0 Å². The maximum Gasteiger partial charge on any atom is 0.328 e. The second-order valence-corrected chi connectivity index (χ2v) is 13.2. The molecule has 7 heteroatoms. The molecular formula is C39H41N3O4. The number of hydrogen-bond acceptors (Lipinski definition) is 3. The van der Waals surface area contributed by atoms with Crippen molar-refractivity contribution in [3.63, 3.8) is 0 Å². The van der Waals surface area contributed by atoms with Gasteiger partial charge in [-0.2, -0.15) is 0 Å². The zero-order valence-electron chi connectivity index (χ0n) is 26.2. The minimum atomic E-state index is -1.02.